The van der Waals surface area contributed by atoms with Gasteiger partial charge < -0.3 is 30.3 Å². The molecule has 1 aromatic heterocycles. The summed E-state index contributed by atoms with van der Waals surface area (Å²) in [5.41, 5.74) is 6.78. The number of carbonyl (C=O) groups excluding carboxylic acids is 4. The van der Waals surface area contributed by atoms with Gasteiger partial charge in [-0.3, -0.25) is 9.59 Å². The number of thiazole rings is 1. The summed E-state index contributed by atoms with van der Waals surface area (Å²) in [4.78, 5) is 63.6. The molecular weight excluding hydrogens is 570 g/mol. The SMILES string of the molecule is CC1(C)S[C@@H]2[C@@H](NC(=O)/C(=N\OC3CCCCC3)c3csc(N)n3)C(=O)N2[C@H]1C(=O)O[C@H]1OC(=O)c2ccccc21. The average molecular weight is 600 g/mol. The van der Waals surface area contributed by atoms with Gasteiger partial charge in [0.1, 0.15) is 29.3 Å². The van der Waals surface area contributed by atoms with E-state index in [1.807, 2.05) is 13.8 Å². The minimum atomic E-state index is -1.19. The van der Waals surface area contributed by atoms with Gasteiger partial charge in [0, 0.05) is 15.7 Å². The molecule has 14 heteroatoms. The molecule has 6 rings (SSSR count). The summed E-state index contributed by atoms with van der Waals surface area (Å²) >= 11 is 2.54. The first-order valence-corrected chi connectivity index (χ1v) is 15.2. The third kappa shape index (κ3) is 5.03. The normalized spacial score (nSPS) is 27.0. The summed E-state index contributed by atoms with van der Waals surface area (Å²) in [5.74, 6) is -2.33. The third-order valence-corrected chi connectivity index (χ3v) is 9.89. The summed E-state index contributed by atoms with van der Waals surface area (Å²) in [5, 5.41) is 8.28. The van der Waals surface area contributed by atoms with Gasteiger partial charge in [0.2, 0.25) is 5.91 Å². The van der Waals surface area contributed by atoms with Crippen molar-refractivity contribution in [1.29, 1.82) is 0 Å². The molecule has 2 saturated heterocycles. The molecule has 2 amide bonds. The number of fused-ring (bicyclic) bond motifs is 2. The number of thioether (sulfide) groups is 1. The number of amides is 2. The van der Waals surface area contributed by atoms with Crippen LogP contribution in [0.1, 0.15) is 73.9 Å². The topological polar surface area (TPSA) is 163 Å². The minimum absolute atomic E-state index is 0.0605. The van der Waals surface area contributed by atoms with Gasteiger partial charge in [0.05, 0.1) is 5.56 Å². The lowest BCUT2D eigenvalue weighted by atomic mass is 9.95. The number of anilines is 1. The number of nitrogen functional groups attached to an aromatic ring is 1. The van der Waals surface area contributed by atoms with Crippen molar-refractivity contribution < 1.29 is 33.5 Å². The third-order valence-electron chi connectivity index (χ3n) is 7.65. The number of oxime groups is 1. The summed E-state index contributed by atoms with van der Waals surface area (Å²) in [6.07, 6.45) is 3.63. The van der Waals surface area contributed by atoms with E-state index in [1.165, 1.54) is 28.0 Å². The van der Waals surface area contributed by atoms with E-state index in [4.69, 9.17) is 20.0 Å². The van der Waals surface area contributed by atoms with Crippen molar-refractivity contribution in [2.75, 3.05) is 5.73 Å². The second-order valence-electron chi connectivity index (χ2n) is 10.8. The monoisotopic (exact) mass is 599 g/mol. The summed E-state index contributed by atoms with van der Waals surface area (Å²) in [6.45, 7) is 3.65. The van der Waals surface area contributed by atoms with Crippen molar-refractivity contribution in [3.05, 3.63) is 46.5 Å². The molecular formula is C27H29N5O7S2. The highest BCUT2D eigenvalue weighted by Gasteiger charge is 2.65. The molecule has 12 nitrogen and oxygen atoms in total. The number of nitrogens with one attached hydrogen (secondary N) is 1. The van der Waals surface area contributed by atoms with Gasteiger partial charge in [-0.05, 0) is 45.6 Å². The quantitative estimate of drug-likeness (QED) is 0.209. The zero-order valence-corrected chi connectivity index (χ0v) is 24.0. The van der Waals surface area contributed by atoms with Crippen molar-refractivity contribution in [2.45, 2.75) is 80.6 Å². The lowest BCUT2D eigenvalue weighted by Crippen LogP contribution is -2.71. The number of nitrogens with zero attached hydrogens (tertiary/aromatic N) is 3. The first kappa shape index (κ1) is 27.5. The number of benzene rings is 1. The standard InChI is InChI=1S/C27H29N5O7S2/c1-27(2)19(24(36)38-25-15-11-7-6-10-14(15)23(35)37-25)32-21(34)18(22(32)41-27)30-20(33)17(16-12-40-26(28)29-16)31-39-13-8-4-3-5-9-13/h6-7,10-13,18-19,22,25H,3-5,8-9H2,1-2H3,(H2,28,29)(H,30,33)/b31-17-/t18-,19-,22+,25+/m0/s1. The average Bonchev–Trinajstić information content (AvgIpc) is 3.60. The molecule has 3 fully saturated rings. The van der Waals surface area contributed by atoms with Crippen molar-refractivity contribution in [1.82, 2.24) is 15.2 Å². The van der Waals surface area contributed by atoms with Gasteiger partial charge in [0.15, 0.2) is 10.8 Å². The maximum Gasteiger partial charge on any atom is 0.342 e. The van der Waals surface area contributed by atoms with Gasteiger partial charge in [-0.2, -0.15) is 0 Å². The van der Waals surface area contributed by atoms with Crippen LogP contribution in [0.2, 0.25) is 0 Å². The van der Waals surface area contributed by atoms with Crippen LogP contribution in [0.4, 0.5) is 5.13 Å². The Morgan fingerprint density at radius 3 is 2.68 bits per heavy atom. The second kappa shape index (κ2) is 10.6. The zero-order chi connectivity index (χ0) is 28.9. The molecule has 3 N–H and O–H groups in total. The van der Waals surface area contributed by atoms with Gasteiger partial charge in [-0.1, -0.05) is 29.8 Å². The smallest absolute Gasteiger partial charge is 0.342 e. The largest absolute Gasteiger partial charge is 0.419 e. The highest BCUT2D eigenvalue weighted by molar-refractivity contribution is 8.01. The molecule has 1 saturated carbocycles. The van der Waals surface area contributed by atoms with Crippen LogP contribution in [0.3, 0.4) is 0 Å². The number of β-lactam (4-membered cyclic amide) rings is 1. The molecule has 4 heterocycles. The lowest BCUT2D eigenvalue weighted by molar-refractivity contribution is -0.180. The molecule has 1 aromatic carbocycles. The van der Waals surface area contributed by atoms with Crippen molar-refractivity contribution >= 4 is 57.7 Å². The van der Waals surface area contributed by atoms with Crippen LogP contribution in [0.25, 0.3) is 0 Å². The Bertz CT molecular complexity index is 1440. The summed E-state index contributed by atoms with van der Waals surface area (Å²) in [7, 11) is 0. The molecule has 0 spiro atoms. The van der Waals surface area contributed by atoms with Crippen LogP contribution in [0.5, 0.6) is 0 Å². The van der Waals surface area contributed by atoms with Crippen LogP contribution in [-0.2, 0) is 28.7 Å². The lowest BCUT2D eigenvalue weighted by Gasteiger charge is -2.44. The Morgan fingerprint density at radius 1 is 1.20 bits per heavy atom. The van der Waals surface area contributed by atoms with E-state index in [1.54, 1.807) is 29.6 Å². The van der Waals surface area contributed by atoms with E-state index in [2.05, 4.69) is 15.5 Å². The van der Waals surface area contributed by atoms with Crippen LogP contribution in [-0.4, -0.2) is 67.7 Å². The minimum Gasteiger partial charge on any atom is -0.419 e. The fraction of sp³-hybridized carbons (Fsp3) is 0.481. The molecule has 3 aliphatic heterocycles. The van der Waals surface area contributed by atoms with E-state index in [0.717, 1.165) is 32.1 Å². The number of hydrogen-bond acceptors (Lipinski definition) is 12. The molecule has 0 bridgehead atoms. The van der Waals surface area contributed by atoms with Gasteiger partial charge in [-0.15, -0.1) is 23.1 Å². The maximum atomic E-state index is 13.4. The van der Waals surface area contributed by atoms with Crippen molar-refractivity contribution in [3.63, 3.8) is 0 Å². The van der Waals surface area contributed by atoms with Crippen molar-refractivity contribution in [3.8, 4) is 0 Å². The molecule has 4 atom stereocenters. The van der Waals surface area contributed by atoms with Gasteiger partial charge in [-0.25, -0.2) is 14.6 Å². The highest BCUT2D eigenvalue weighted by atomic mass is 32.2. The number of hydrogen-bond donors (Lipinski definition) is 2. The van der Waals surface area contributed by atoms with Crippen LogP contribution >= 0.6 is 23.1 Å². The predicted octanol–water partition coefficient (Wildman–Crippen LogP) is 2.74. The van der Waals surface area contributed by atoms with Gasteiger partial charge >= 0.3 is 11.9 Å². The fourth-order valence-electron chi connectivity index (χ4n) is 5.60. The molecule has 1 aliphatic carbocycles. The predicted molar refractivity (Wildman–Crippen MR) is 150 cm³/mol. The van der Waals surface area contributed by atoms with Crippen LogP contribution in [0.15, 0.2) is 34.8 Å². The summed E-state index contributed by atoms with van der Waals surface area (Å²) < 4.78 is 10.1. The van der Waals surface area contributed by atoms with Crippen molar-refractivity contribution in [2.24, 2.45) is 5.16 Å². The Balaban J connectivity index is 1.16. The Morgan fingerprint density at radius 2 is 1.95 bits per heavy atom. The number of nitrogens with two attached hydrogens (primary N) is 1. The van der Waals surface area contributed by atoms with E-state index >= 15 is 0 Å². The number of rotatable bonds is 7. The van der Waals surface area contributed by atoms with E-state index in [0.29, 0.717) is 11.1 Å². The van der Waals surface area contributed by atoms with Crippen LogP contribution in [0, 0.1) is 0 Å². The first-order valence-electron chi connectivity index (χ1n) is 13.4. The van der Waals surface area contributed by atoms with Gasteiger partial charge in [0.25, 0.3) is 12.2 Å². The Kier molecular flexibility index (Phi) is 7.14. The zero-order valence-electron chi connectivity index (χ0n) is 22.4. The Labute approximate surface area is 244 Å². The number of cyclic esters (lactones) is 1. The molecule has 0 radical (unpaired) electrons. The molecule has 41 heavy (non-hydrogen) atoms. The number of aromatic nitrogens is 1. The molecule has 4 aliphatic rings. The fourth-order valence-corrected chi connectivity index (χ4v) is 7.77. The second-order valence-corrected chi connectivity index (χ2v) is 13.5. The summed E-state index contributed by atoms with van der Waals surface area (Å²) in [6, 6.07) is 4.82. The number of esters is 2. The first-order chi connectivity index (χ1) is 19.6. The highest BCUT2D eigenvalue weighted by Crippen LogP contribution is 2.51. The molecule has 0 unspecified atom stereocenters. The molecule has 216 valence electrons. The van der Waals surface area contributed by atoms with E-state index in [9.17, 15) is 19.2 Å². The maximum absolute atomic E-state index is 13.4. The molecule has 2 aromatic rings. The van der Waals surface area contributed by atoms with Crippen LogP contribution < -0.4 is 11.1 Å². The van der Waals surface area contributed by atoms with E-state index < -0.39 is 52.2 Å². The number of ether oxygens (including phenoxy) is 2. The van der Waals surface area contributed by atoms with E-state index in [-0.39, 0.29) is 22.6 Å². The Hall–Kier alpha value is -3.65. The number of carbonyl (C=O) groups is 4.